The maximum Gasteiger partial charge on any atom is 0.413 e. The van der Waals surface area contributed by atoms with E-state index in [-0.39, 0.29) is 100 Å². The normalized spacial score (nSPS) is 21.8. The Bertz CT molecular complexity index is 3500. The zero-order chi connectivity index (χ0) is 60.8. The number of carbonyl (C=O) groups is 5. The van der Waals surface area contributed by atoms with Gasteiger partial charge >= 0.3 is 24.1 Å². The number of hydrogen-bond donors (Lipinski definition) is 2. The first-order valence-corrected chi connectivity index (χ1v) is 30.1. The Morgan fingerprint density at radius 2 is 1.64 bits per heavy atom. The highest BCUT2D eigenvalue weighted by Gasteiger charge is 2.52. The molecule has 1 saturated carbocycles. The number of imide groups is 1. The first-order chi connectivity index (χ1) is 41.2. The molecule has 22 heteroatoms. The minimum Gasteiger partial charge on any atom is -0.508 e. The van der Waals surface area contributed by atoms with Crippen LogP contribution >= 0.6 is 0 Å². The van der Waals surface area contributed by atoms with Gasteiger partial charge in [0.25, 0.3) is 5.91 Å². The van der Waals surface area contributed by atoms with Gasteiger partial charge in [0.1, 0.15) is 34.3 Å². The summed E-state index contributed by atoms with van der Waals surface area (Å²) >= 11 is 0. The maximum atomic E-state index is 17.5. The number of ether oxygens (including phenoxy) is 4. The van der Waals surface area contributed by atoms with Crippen LogP contribution in [0.3, 0.4) is 0 Å². The zero-order valence-electron chi connectivity index (χ0n) is 49.8. The first-order valence-electron chi connectivity index (χ1n) is 30.1. The molecule has 1 aliphatic carbocycles. The van der Waals surface area contributed by atoms with E-state index in [0.717, 1.165) is 77.8 Å². The fourth-order valence-electron chi connectivity index (χ4n) is 13.9. The van der Waals surface area contributed by atoms with E-state index in [0.29, 0.717) is 66.6 Å². The fraction of sp³-hybridized carbons (Fsp3) is 0.531. The van der Waals surface area contributed by atoms with Crippen LogP contribution in [-0.2, 0) is 19.1 Å². The van der Waals surface area contributed by atoms with Gasteiger partial charge in [-0.2, -0.15) is 9.97 Å². The third-order valence-electron chi connectivity index (χ3n) is 18.6. The van der Waals surface area contributed by atoms with Gasteiger partial charge in [-0.05, 0) is 111 Å². The van der Waals surface area contributed by atoms with Crippen molar-refractivity contribution in [2.45, 2.75) is 110 Å². The Kier molecular flexibility index (Phi) is 17.0. The summed E-state index contributed by atoms with van der Waals surface area (Å²) in [5, 5.41) is 14.1. The molecule has 7 heterocycles. The van der Waals surface area contributed by atoms with Gasteiger partial charge in [0.15, 0.2) is 5.82 Å². The van der Waals surface area contributed by atoms with Gasteiger partial charge in [0, 0.05) is 114 Å². The Balaban J connectivity index is 0.717. The molecule has 3 unspecified atom stereocenters. The van der Waals surface area contributed by atoms with Crippen molar-refractivity contribution in [3.8, 4) is 41.1 Å². The maximum absolute atomic E-state index is 17.5. The van der Waals surface area contributed by atoms with Crippen LogP contribution in [0.25, 0.3) is 32.9 Å². The Morgan fingerprint density at radius 3 is 2.34 bits per heavy atom. The molecule has 20 nitrogen and oxygen atoms in total. The Labute approximate surface area is 499 Å². The number of phenols is 1. The number of pyridine rings is 1. The van der Waals surface area contributed by atoms with Crippen LogP contribution in [0.1, 0.15) is 108 Å². The number of urea groups is 1. The van der Waals surface area contributed by atoms with Gasteiger partial charge in [0.2, 0.25) is 12.2 Å². The molecule has 2 aromatic heterocycles. The average molecular weight is 1180 g/mol. The average Bonchev–Trinajstić information content (AvgIpc) is 1.40. The molecule has 11 rings (SSSR count). The second-order valence-corrected chi connectivity index (χ2v) is 25.0. The van der Waals surface area contributed by atoms with Crippen molar-refractivity contribution in [3.63, 3.8) is 0 Å². The van der Waals surface area contributed by atoms with Gasteiger partial charge in [-0.15, -0.1) is 6.42 Å². The lowest BCUT2D eigenvalue weighted by Crippen LogP contribution is -2.62. The lowest BCUT2D eigenvalue weighted by Gasteiger charge is -2.47. The van der Waals surface area contributed by atoms with Crippen LogP contribution in [0.2, 0.25) is 0 Å². The molecule has 1 spiro atoms. The van der Waals surface area contributed by atoms with Crippen molar-refractivity contribution in [1.82, 2.24) is 39.9 Å². The summed E-state index contributed by atoms with van der Waals surface area (Å²) in [7, 11) is 1.52. The summed E-state index contributed by atoms with van der Waals surface area (Å²) in [6.07, 6.45) is 13.6. The van der Waals surface area contributed by atoms with Gasteiger partial charge in [-0.1, -0.05) is 32.8 Å². The summed E-state index contributed by atoms with van der Waals surface area (Å²) in [5.74, 6) is 0.840. The Hall–Kier alpha value is -7.90. The van der Waals surface area contributed by atoms with E-state index in [1.807, 2.05) is 16.7 Å². The molecule has 5 aromatic rings. The van der Waals surface area contributed by atoms with Gasteiger partial charge < -0.3 is 43.7 Å². The van der Waals surface area contributed by atoms with Crippen LogP contribution in [0.5, 0.6) is 17.5 Å². The number of piperazine rings is 2. The van der Waals surface area contributed by atoms with Crippen LogP contribution < -0.4 is 24.6 Å². The molecule has 3 aromatic carbocycles. The van der Waals surface area contributed by atoms with Gasteiger partial charge in [0.05, 0.1) is 47.9 Å². The molecule has 5 saturated heterocycles. The number of piperidine rings is 1. The van der Waals surface area contributed by atoms with Crippen LogP contribution in [-0.4, -0.2) is 173 Å². The molecule has 0 radical (unpaired) electrons. The molecule has 5 aliphatic heterocycles. The van der Waals surface area contributed by atoms with E-state index >= 15 is 8.78 Å². The van der Waals surface area contributed by atoms with Gasteiger partial charge in [-0.3, -0.25) is 34.5 Å². The van der Waals surface area contributed by atoms with Crippen molar-refractivity contribution in [2.75, 3.05) is 95.5 Å². The van der Waals surface area contributed by atoms with Crippen LogP contribution in [0, 0.1) is 47.1 Å². The highest BCUT2D eigenvalue weighted by atomic mass is 19.1. The van der Waals surface area contributed by atoms with E-state index < -0.39 is 47.5 Å². The lowest BCUT2D eigenvalue weighted by atomic mass is 9.65. The largest absolute Gasteiger partial charge is 0.508 e. The van der Waals surface area contributed by atoms with Crippen molar-refractivity contribution >= 4 is 63.1 Å². The third-order valence-corrected chi connectivity index (χ3v) is 18.6. The van der Waals surface area contributed by atoms with Crippen molar-refractivity contribution in [2.24, 2.45) is 23.2 Å². The summed E-state index contributed by atoms with van der Waals surface area (Å²) in [6.45, 7) is 16.9. The van der Waals surface area contributed by atoms with Crippen molar-refractivity contribution < 1.29 is 56.8 Å². The Morgan fingerprint density at radius 1 is 0.895 bits per heavy atom. The molecule has 6 aliphatic rings. The SMILES string of the molecule is C#Cc1c(F)ccc2cc(O)cc(-c3ncc4c(N5CC6CCC(C)(C5)N6C(=O)OC(C)OC(=O)C(C)C)nc(OC[C@H](C)CN5CCN(CC6CCC7(CC6)CCN(C(=O)c6ccc(OC)c(N8CCC(=O)NC8=O)c6)CC7)CC5)nc4c3F)c12. The second-order valence-electron chi connectivity index (χ2n) is 25.0. The summed E-state index contributed by atoms with van der Waals surface area (Å²) in [4.78, 5) is 90.7. The number of nitrogens with one attached hydrogen (secondary N) is 1. The summed E-state index contributed by atoms with van der Waals surface area (Å²) < 4.78 is 55.7. The van der Waals surface area contributed by atoms with Crippen LogP contribution in [0.4, 0.5) is 29.9 Å². The minimum absolute atomic E-state index is 0.0326. The predicted molar refractivity (Wildman–Crippen MR) is 318 cm³/mol. The molecule has 456 valence electrons. The number of benzene rings is 3. The summed E-state index contributed by atoms with van der Waals surface area (Å²) in [5.41, 5.74) is 0.110. The smallest absolute Gasteiger partial charge is 0.413 e. The van der Waals surface area contributed by atoms with Gasteiger partial charge in [-0.25, -0.2) is 18.4 Å². The number of amides is 5. The van der Waals surface area contributed by atoms with E-state index in [9.17, 15) is 29.1 Å². The number of likely N-dealkylation sites (tertiary alicyclic amines) is 1. The monoisotopic (exact) mass is 1180 g/mol. The number of halogens is 2. The van der Waals surface area contributed by atoms with Crippen molar-refractivity contribution in [3.05, 3.63) is 71.4 Å². The second kappa shape index (κ2) is 24.5. The number of aromatic hydroxyl groups is 1. The predicted octanol–water partition coefficient (Wildman–Crippen LogP) is 8.74. The number of carbonyl (C=O) groups excluding carboxylic acids is 5. The lowest BCUT2D eigenvalue weighted by molar-refractivity contribution is -0.170. The number of phenolic OH excluding ortho intramolecular Hbond substituents is 1. The number of hydrogen-bond acceptors (Lipinski definition) is 16. The van der Waals surface area contributed by atoms with E-state index in [2.05, 4.69) is 37.9 Å². The molecular formula is C64H76F2N10O10. The number of terminal acetylenes is 1. The highest BCUT2D eigenvalue weighted by molar-refractivity contribution is 6.07. The van der Waals surface area contributed by atoms with E-state index in [1.165, 1.54) is 49.4 Å². The number of anilines is 2. The van der Waals surface area contributed by atoms with E-state index in [1.54, 1.807) is 36.9 Å². The standard InChI is InChI=1S/C64H76F2N10O10/c1-8-46-49(65)11-9-42-29-45(77)31-47(53(42)46)55-54(66)56-48(32-67-55)57(74-35-44-15-17-63(6,37-74)76(44)62(82)86-40(5)85-59(80)38(2)3)70-60(69-56)84-36-39(4)33-71-25-27-72(28-26-71)34-41-13-18-64(19-14-41)20-23-73(24-21-64)58(79)43-10-12-51(83-7)50(30-43)75-22-16-52(78)68-61(75)81/h1,9-12,29-32,38-41,44,77H,13-28,33-37H2,2-7H3,(H,68,78,81)/t39-,40?,44?,63?/m1/s1. The third kappa shape index (κ3) is 12.1. The number of rotatable bonds is 15. The molecule has 6 fully saturated rings. The summed E-state index contributed by atoms with van der Waals surface area (Å²) in [6, 6.07) is 9.62. The molecule has 2 bridgehead atoms. The molecule has 86 heavy (non-hydrogen) atoms. The molecule has 5 amide bonds. The number of aromatic nitrogens is 3. The molecule has 2 N–H and O–H groups in total. The van der Waals surface area contributed by atoms with Crippen molar-refractivity contribution in [1.29, 1.82) is 0 Å². The number of methoxy groups -OCH3 is 1. The number of esters is 1. The zero-order valence-corrected chi connectivity index (χ0v) is 49.8. The minimum atomic E-state index is -1.10. The molecule has 4 atom stereocenters. The first kappa shape index (κ1) is 59.8. The number of nitrogens with zero attached hydrogens (tertiary/aromatic N) is 9. The number of fused-ring (bicyclic) bond motifs is 4. The quantitative estimate of drug-likeness (QED) is 0.0570. The topological polar surface area (TPSA) is 213 Å². The molecular weight excluding hydrogens is 1110 g/mol. The fourth-order valence-corrected chi connectivity index (χ4v) is 13.9. The van der Waals surface area contributed by atoms with E-state index in [4.69, 9.17) is 30.4 Å². The van der Waals surface area contributed by atoms with Crippen LogP contribution in [0.15, 0.2) is 48.7 Å². The highest BCUT2D eigenvalue weighted by Crippen LogP contribution is 2.48.